The van der Waals surface area contributed by atoms with Crippen molar-refractivity contribution < 1.29 is 22.4 Å². The molecule has 0 aliphatic heterocycles. The lowest BCUT2D eigenvalue weighted by Gasteiger charge is -2.16. The average molecular weight is 460 g/mol. The largest absolute Gasteiger partial charge is 0.433 e. The van der Waals surface area contributed by atoms with E-state index in [2.05, 4.69) is 15.2 Å². The zero-order valence-corrected chi connectivity index (χ0v) is 18.3. The Morgan fingerprint density at radius 3 is 2.33 bits per heavy atom. The van der Waals surface area contributed by atoms with Crippen molar-refractivity contribution in [2.45, 2.75) is 26.6 Å². The molecule has 7 nitrogen and oxygen atoms in total. The van der Waals surface area contributed by atoms with Gasteiger partial charge < -0.3 is 4.90 Å². The van der Waals surface area contributed by atoms with Gasteiger partial charge in [0.15, 0.2) is 17.0 Å². The fraction of sp³-hybridized carbons (Fsp3) is 0.273. The van der Waals surface area contributed by atoms with Crippen LogP contribution in [-0.4, -0.2) is 42.2 Å². The molecule has 0 saturated carbocycles. The monoisotopic (exact) mass is 460 g/mol. The standard InChI is InChI=1S/C22H20F4N6O/c1-12-16(13(2)31(4)28-12)11-30(3)21(33)18-10-20-27-17(14-5-7-15(23)8-6-14)9-19(22(24,25)26)32(20)29-18/h5-10H,11H2,1-4H3. The topological polar surface area (TPSA) is 68.3 Å². The Morgan fingerprint density at radius 2 is 1.76 bits per heavy atom. The van der Waals surface area contributed by atoms with Crippen LogP contribution >= 0.6 is 0 Å². The van der Waals surface area contributed by atoms with Gasteiger partial charge in [-0.15, -0.1) is 0 Å². The van der Waals surface area contributed by atoms with Crippen molar-refractivity contribution in [1.82, 2.24) is 29.3 Å². The van der Waals surface area contributed by atoms with Gasteiger partial charge in [-0.1, -0.05) is 0 Å². The first-order valence-corrected chi connectivity index (χ1v) is 9.94. The number of hydrogen-bond acceptors (Lipinski definition) is 4. The van der Waals surface area contributed by atoms with E-state index in [9.17, 15) is 22.4 Å². The van der Waals surface area contributed by atoms with Crippen LogP contribution in [0.1, 0.15) is 33.1 Å². The molecule has 33 heavy (non-hydrogen) atoms. The fourth-order valence-electron chi connectivity index (χ4n) is 3.60. The van der Waals surface area contributed by atoms with Gasteiger partial charge in [-0.3, -0.25) is 9.48 Å². The van der Waals surface area contributed by atoms with Gasteiger partial charge >= 0.3 is 6.18 Å². The van der Waals surface area contributed by atoms with Crippen LogP contribution in [0.25, 0.3) is 16.9 Å². The van der Waals surface area contributed by atoms with Crippen molar-refractivity contribution in [3.05, 3.63) is 70.6 Å². The van der Waals surface area contributed by atoms with Crippen molar-refractivity contribution in [1.29, 1.82) is 0 Å². The Hall–Kier alpha value is -3.76. The minimum Gasteiger partial charge on any atom is -0.336 e. The van der Waals surface area contributed by atoms with E-state index in [1.54, 1.807) is 18.8 Å². The summed E-state index contributed by atoms with van der Waals surface area (Å²) < 4.78 is 56.9. The van der Waals surface area contributed by atoms with Crippen LogP contribution < -0.4 is 0 Å². The molecule has 0 spiro atoms. The van der Waals surface area contributed by atoms with E-state index in [1.165, 1.54) is 23.1 Å². The summed E-state index contributed by atoms with van der Waals surface area (Å²) in [4.78, 5) is 18.6. The molecular weight excluding hydrogens is 440 g/mol. The highest BCUT2D eigenvalue weighted by Gasteiger charge is 2.36. The fourth-order valence-corrected chi connectivity index (χ4v) is 3.60. The van der Waals surface area contributed by atoms with Crippen molar-refractivity contribution in [2.75, 3.05) is 7.05 Å². The van der Waals surface area contributed by atoms with Crippen molar-refractivity contribution in [2.24, 2.45) is 7.05 Å². The summed E-state index contributed by atoms with van der Waals surface area (Å²) >= 11 is 0. The van der Waals surface area contributed by atoms with Crippen LogP contribution in [0.3, 0.4) is 0 Å². The molecule has 0 aliphatic rings. The molecule has 1 aromatic carbocycles. The van der Waals surface area contributed by atoms with E-state index in [-0.39, 0.29) is 23.6 Å². The normalized spacial score (nSPS) is 11.9. The Morgan fingerprint density at radius 1 is 1.09 bits per heavy atom. The van der Waals surface area contributed by atoms with E-state index >= 15 is 0 Å². The number of halogens is 4. The minimum absolute atomic E-state index is 0.0105. The third kappa shape index (κ3) is 4.18. The van der Waals surface area contributed by atoms with Crippen LogP contribution in [0, 0.1) is 19.7 Å². The van der Waals surface area contributed by atoms with Gasteiger partial charge in [-0.25, -0.2) is 13.9 Å². The number of hydrogen-bond donors (Lipinski definition) is 0. The Labute approximate surface area is 186 Å². The van der Waals surface area contributed by atoms with E-state index in [0.717, 1.165) is 35.2 Å². The number of carbonyl (C=O) groups is 1. The summed E-state index contributed by atoms with van der Waals surface area (Å²) in [6, 6.07) is 6.98. The predicted molar refractivity (Wildman–Crippen MR) is 112 cm³/mol. The SMILES string of the molecule is Cc1nn(C)c(C)c1CN(C)C(=O)c1cc2nc(-c3ccc(F)cc3)cc(C(F)(F)F)n2n1. The highest BCUT2D eigenvalue weighted by molar-refractivity contribution is 5.93. The molecule has 1 amide bonds. The first-order chi connectivity index (χ1) is 15.5. The summed E-state index contributed by atoms with van der Waals surface area (Å²) in [5, 5.41) is 8.22. The Bertz CT molecular complexity index is 1350. The molecule has 4 rings (SSSR count). The van der Waals surface area contributed by atoms with Crippen LogP contribution in [-0.2, 0) is 19.8 Å². The second kappa shape index (κ2) is 7.98. The van der Waals surface area contributed by atoms with Gasteiger partial charge in [-0.2, -0.15) is 23.4 Å². The molecule has 0 fully saturated rings. The van der Waals surface area contributed by atoms with Gasteiger partial charge in [0, 0.05) is 43.5 Å². The summed E-state index contributed by atoms with van der Waals surface area (Å²) in [6.07, 6.45) is -4.75. The third-order valence-corrected chi connectivity index (χ3v) is 5.48. The zero-order chi connectivity index (χ0) is 24.1. The lowest BCUT2D eigenvalue weighted by Crippen LogP contribution is -2.27. The van der Waals surface area contributed by atoms with Gasteiger partial charge in [0.25, 0.3) is 5.91 Å². The Balaban J connectivity index is 1.74. The number of fused-ring (bicyclic) bond motifs is 1. The first kappa shape index (κ1) is 22.4. The molecule has 172 valence electrons. The van der Waals surface area contributed by atoms with Crippen molar-refractivity contribution in [3.63, 3.8) is 0 Å². The van der Waals surface area contributed by atoms with Crippen molar-refractivity contribution in [3.8, 4) is 11.3 Å². The van der Waals surface area contributed by atoms with Gasteiger partial charge in [-0.05, 0) is 44.2 Å². The van der Waals surface area contributed by atoms with Crippen LogP contribution in [0.15, 0.2) is 36.4 Å². The predicted octanol–water partition coefficient (Wildman–Crippen LogP) is 4.18. The number of nitrogens with zero attached hydrogens (tertiary/aromatic N) is 6. The smallest absolute Gasteiger partial charge is 0.336 e. The highest BCUT2D eigenvalue weighted by atomic mass is 19.4. The molecule has 0 bridgehead atoms. The Kier molecular flexibility index (Phi) is 5.43. The molecule has 0 atom stereocenters. The number of carbonyl (C=O) groups excluding carboxylic acids is 1. The maximum atomic E-state index is 13.8. The molecule has 0 unspecified atom stereocenters. The van der Waals surface area contributed by atoms with Gasteiger partial charge in [0.05, 0.1) is 11.4 Å². The number of aryl methyl sites for hydroxylation is 2. The lowest BCUT2D eigenvalue weighted by molar-refractivity contribution is -0.142. The molecule has 0 radical (unpaired) electrons. The van der Waals surface area contributed by atoms with E-state index in [0.29, 0.717) is 10.1 Å². The van der Waals surface area contributed by atoms with E-state index < -0.39 is 23.6 Å². The molecule has 3 heterocycles. The molecule has 0 saturated heterocycles. The van der Waals surface area contributed by atoms with Crippen LogP contribution in [0.4, 0.5) is 17.6 Å². The minimum atomic E-state index is -4.75. The molecular formula is C22H20F4N6O. The lowest BCUT2D eigenvalue weighted by atomic mass is 10.1. The molecule has 11 heteroatoms. The summed E-state index contributed by atoms with van der Waals surface area (Å²) in [5.74, 6) is -1.07. The number of rotatable bonds is 4. The number of amides is 1. The first-order valence-electron chi connectivity index (χ1n) is 9.94. The second-order valence-corrected chi connectivity index (χ2v) is 7.77. The highest BCUT2D eigenvalue weighted by Crippen LogP contribution is 2.32. The van der Waals surface area contributed by atoms with E-state index in [4.69, 9.17) is 0 Å². The average Bonchev–Trinajstić information content (AvgIpc) is 3.28. The molecule has 0 aliphatic carbocycles. The molecule has 0 N–H and O–H groups in total. The molecule has 4 aromatic rings. The van der Waals surface area contributed by atoms with Gasteiger partial charge in [0.1, 0.15) is 5.82 Å². The number of benzene rings is 1. The van der Waals surface area contributed by atoms with E-state index in [1.807, 2.05) is 13.8 Å². The maximum absolute atomic E-state index is 13.8. The quantitative estimate of drug-likeness (QED) is 0.429. The summed E-state index contributed by atoms with van der Waals surface area (Å²) in [7, 11) is 3.33. The molecule has 3 aromatic heterocycles. The van der Waals surface area contributed by atoms with Crippen molar-refractivity contribution >= 4 is 11.6 Å². The maximum Gasteiger partial charge on any atom is 0.433 e. The third-order valence-electron chi connectivity index (χ3n) is 5.48. The number of alkyl halides is 3. The number of aromatic nitrogens is 5. The van der Waals surface area contributed by atoms with Crippen LogP contribution in [0.5, 0.6) is 0 Å². The zero-order valence-electron chi connectivity index (χ0n) is 18.3. The second-order valence-electron chi connectivity index (χ2n) is 7.77. The summed E-state index contributed by atoms with van der Waals surface area (Å²) in [6.45, 7) is 3.91. The van der Waals surface area contributed by atoms with Gasteiger partial charge in [0.2, 0.25) is 0 Å². The summed E-state index contributed by atoms with van der Waals surface area (Å²) in [5.41, 5.74) is 1.38. The van der Waals surface area contributed by atoms with Crippen LogP contribution in [0.2, 0.25) is 0 Å².